The van der Waals surface area contributed by atoms with Crippen molar-refractivity contribution in [3.05, 3.63) is 59.2 Å². The number of hydrogen-bond acceptors (Lipinski definition) is 2. The normalized spacial score (nSPS) is 17.7. The summed E-state index contributed by atoms with van der Waals surface area (Å²) in [6.07, 6.45) is 6.69. The van der Waals surface area contributed by atoms with Crippen LogP contribution in [-0.4, -0.2) is 20.0 Å². The van der Waals surface area contributed by atoms with Gasteiger partial charge in [0.1, 0.15) is 0 Å². The van der Waals surface area contributed by atoms with Gasteiger partial charge >= 0.3 is 0 Å². The Morgan fingerprint density at radius 2 is 1.68 bits per heavy atom. The third kappa shape index (κ3) is 3.04. The molecule has 2 aromatic rings. The van der Waals surface area contributed by atoms with Crippen LogP contribution in [0.3, 0.4) is 0 Å². The zero-order chi connectivity index (χ0) is 17.4. The van der Waals surface area contributed by atoms with Crippen LogP contribution in [0.4, 0.5) is 11.4 Å². The summed E-state index contributed by atoms with van der Waals surface area (Å²) in [5.74, 6) is 0.820. The second-order valence-electron chi connectivity index (χ2n) is 7.55. The van der Waals surface area contributed by atoms with Crippen LogP contribution < -0.4 is 9.80 Å². The molecule has 1 heterocycles. The zero-order valence-electron chi connectivity index (χ0n) is 15.2. The van der Waals surface area contributed by atoms with Gasteiger partial charge in [-0.05, 0) is 54.2 Å². The van der Waals surface area contributed by atoms with Crippen molar-refractivity contribution in [2.75, 3.05) is 23.9 Å². The van der Waals surface area contributed by atoms with Crippen LogP contribution in [0.1, 0.15) is 59.5 Å². The minimum atomic E-state index is 0.115. The van der Waals surface area contributed by atoms with Crippen LogP contribution in [0.25, 0.3) is 0 Å². The lowest BCUT2D eigenvalue weighted by Crippen LogP contribution is -2.23. The van der Waals surface area contributed by atoms with Gasteiger partial charge in [-0.15, -0.1) is 0 Å². The Kier molecular flexibility index (Phi) is 4.24. The van der Waals surface area contributed by atoms with E-state index in [1.807, 2.05) is 30.0 Å². The molecular formula is C22H26N2O. The standard InChI is InChI=1S/C22H26N2O/c1-23(2)20-13-10-18-15-24(22(25)21(18)14-20)19-11-8-17(9-12-19)16-6-4-3-5-7-16/h8-14,16H,3-7,15H2,1-2H3. The summed E-state index contributed by atoms with van der Waals surface area (Å²) < 4.78 is 0. The highest BCUT2D eigenvalue weighted by Gasteiger charge is 2.29. The van der Waals surface area contributed by atoms with Crippen LogP contribution >= 0.6 is 0 Å². The van der Waals surface area contributed by atoms with E-state index in [2.05, 4.69) is 36.4 Å². The Labute approximate surface area is 150 Å². The molecule has 0 aromatic heterocycles. The quantitative estimate of drug-likeness (QED) is 0.792. The van der Waals surface area contributed by atoms with Crippen LogP contribution in [0.2, 0.25) is 0 Å². The highest BCUT2D eigenvalue weighted by atomic mass is 16.2. The highest BCUT2D eigenvalue weighted by Crippen LogP contribution is 2.35. The predicted octanol–water partition coefficient (Wildman–Crippen LogP) is 4.96. The molecule has 1 aliphatic carbocycles. The van der Waals surface area contributed by atoms with Crippen molar-refractivity contribution in [3.8, 4) is 0 Å². The molecule has 0 spiro atoms. The number of fused-ring (bicyclic) bond motifs is 1. The fraction of sp³-hybridized carbons (Fsp3) is 0.409. The third-order valence-electron chi connectivity index (χ3n) is 5.70. The van der Waals surface area contributed by atoms with E-state index < -0.39 is 0 Å². The summed E-state index contributed by atoms with van der Waals surface area (Å²) in [5, 5.41) is 0. The van der Waals surface area contributed by atoms with Gasteiger partial charge < -0.3 is 9.80 Å². The van der Waals surface area contributed by atoms with Gasteiger partial charge in [0.25, 0.3) is 5.91 Å². The number of amides is 1. The van der Waals surface area contributed by atoms with Crippen LogP contribution in [-0.2, 0) is 6.54 Å². The second kappa shape index (κ2) is 6.55. The smallest absolute Gasteiger partial charge is 0.259 e. The fourth-order valence-electron chi connectivity index (χ4n) is 4.14. The summed E-state index contributed by atoms with van der Waals surface area (Å²) in [7, 11) is 4.01. The SMILES string of the molecule is CN(C)c1ccc2c(c1)C(=O)N(c1ccc(C3CCCCC3)cc1)C2. The molecule has 0 unspecified atom stereocenters. The van der Waals surface area contributed by atoms with Crippen LogP contribution in [0.5, 0.6) is 0 Å². The number of carbonyl (C=O) groups is 1. The fourth-order valence-corrected chi connectivity index (χ4v) is 4.14. The Bertz CT molecular complexity index is 773. The first-order chi connectivity index (χ1) is 12.1. The van der Waals surface area contributed by atoms with E-state index in [-0.39, 0.29) is 5.91 Å². The van der Waals surface area contributed by atoms with Crippen molar-refractivity contribution < 1.29 is 4.79 Å². The second-order valence-corrected chi connectivity index (χ2v) is 7.55. The van der Waals surface area contributed by atoms with Gasteiger partial charge in [-0.1, -0.05) is 37.5 Å². The molecule has 3 heteroatoms. The molecule has 0 bridgehead atoms. The molecule has 0 N–H and O–H groups in total. The largest absolute Gasteiger partial charge is 0.378 e. The molecular weight excluding hydrogens is 308 g/mol. The van der Waals surface area contributed by atoms with E-state index in [0.717, 1.165) is 22.5 Å². The minimum absolute atomic E-state index is 0.115. The minimum Gasteiger partial charge on any atom is -0.378 e. The Hall–Kier alpha value is -2.29. The summed E-state index contributed by atoms with van der Waals surface area (Å²) in [6, 6.07) is 14.9. The molecule has 1 fully saturated rings. The van der Waals surface area contributed by atoms with E-state index >= 15 is 0 Å². The molecule has 3 nitrogen and oxygen atoms in total. The van der Waals surface area contributed by atoms with Gasteiger partial charge in [0, 0.05) is 31.0 Å². The average molecular weight is 334 g/mol. The van der Waals surface area contributed by atoms with Crippen molar-refractivity contribution in [1.82, 2.24) is 0 Å². The zero-order valence-corrected chi connectivity index (χ0v) is 15.2. The molecule has 25 heavy (non-hydrogen) atoms. The van der Waals surface area contributed by atoms with E-state index in [1.54, 1.807) is 0 Å². The number of carbonyl (C=O) groups excluding carboxylic acids is 1. The van der Waals surface area contributed by atoms with E-state index in [0.29, 0.717) is 12.5 Å². The summed E-state index contributed by atoms with van der Waals surface area (Å²) in [4.78, 5) is 16.8. The average Bonchev–Trinajstić information content (AvgIpc) is 2.99. The molecule has 2 aromatic carbocycles. The first-order valence-corrected chi connectivity index (χ1v) is 9.35. The molecule has 4 rings (SSSR count). The van der Waals surface area contributed by atoms with Crippen molar-refractivity contribution >= 4 is 17.3 Å². The summed E-state index contributed by atoms with van der Waals surface area (Å²) >= 11 is 0. The Morgan fingerprint density at radius 3 is 2.36 bits per heavy atom. The topological polar surface area (TPSA) is 23.6 Å². The number of benzene rings is 2. The maximum atomic E-state index is 12.9. The molecule has 0 saturated heterocycles. The van der Waals surface area contributed by atoms with Gasteiger partial charge in [0.2, 0.25) is 0 Å². The van der Waals surface area contributed by atoms with E-state index in [4.69, 9.17) is 0 Å². The predicted molar refractivity (Wildman–Crippen MR) is 104 cm³/mol. The number of anilines is 2. The molecule has 1 amide bonds. The number of nitrogens with zero attached hydrogens (tertiary/aromatic N) is 2. The molecule has 1 aliphatic heterocycles. The van der Waals surface area contributed by atoms with E-state index in [1.165, 1.54) is 37.7 Å². The van der Waals surface area contributed by atoms with Gasteiger partial charge in [-0.2, -0.15) is 0 Å². The van der Waals surface area contributed by atoms with Gasteiger partial charge in [-0.3, -0.25) is 4.79 Å². The van der Waals surface area contributed by atoms with Crippen molar-refractivity contribution in [2.45, 2.75) is 44.6 Å². The van der Waals surface area contributed by atoms with E-state index in [9.17, 15) is 4.79 Å². The molecule has 2 aliphatic rings. The molecule has 0 atom stereocenters. The maximum Gasteiger partial charge on any atom is 0.259 e. The number of rotatable bonds is 3. The van der Waals surface area contributed by atoms with Crippen molar-refractivity contribution in [2.24, 2.45) is 0 Å². The lowest BCUT2D eigenvalue weighted by atomic mass is 9.84. The molecule has 0 radical (unpaired) electrons. The molecule has 1 saturated carbocycles. The van der Waals surface area contributed by atoms with Gasteiger partial charge in [0.05, 0.1) is 6.54 Å². The lowest BCUT2D eigenvalue weighted by Gasteiger charge is -2.23. The van der Waals surface area contributed by atoms with Crippen LogP contribution in [0.15, 0.2) is 42.5 Å². The van der Waals surface area contributed by atoms with Crippen molar-refractivity contribution in [3.63, 3.8) is 0 Å². The first kappa shape index (κ1) is 16.2. The van der Waals surface area contributed by atoms with Gasteiger partial charge in [-0.25, -0.2) is 0 Å². The highest BCUT2D eigenvalue weighted by molar-refractivity contribution is 6.10. The summed E-state index contributed by atoms with van der Waals surface area (Å²) in [6.45, 7) is 0.671. The van der Waals surface area contributed by atoms with Crippen LogP contribution in [0, 0.1) is 0 Å². The summed E-state index contributed by atoms with van der Waals surface area (Å²) in [5.41, 5.74) is 5.46. The molecule has 130 valence electrons. The maximum absolute atomic E-state index is 12.9. The van der Waals surface area contributed by atoms with Crippen molar-refractivity contribution in [1.29, 1.82) is 0 Å². The monoisotopic (exact) mass is 334 g/mol. The lowest BCUT2D eigenvalue weighted by molar-refractivity contribution is 0.0996. The van der Waals surface area contributed by atoms with Gasteiger partial charge in [0.15, 0.2) is 0 Å². The Balaban J connectivity index is 1.55. The third-order valence-corrected chi connectivity index (χ3v) is 5.70. The number of hydrogen-bond donors (Lipinski definition) is 0. The Morgan fingerprint density at radius 1 is 0.960 bits per heavy atom. The first-order valence-electron chi connectivity index (χ1n) is 9.35.